The second-order valence-corrected chi connectivity index (χ2v) is 26.4. The molecule has 3 rings (SSSR count). The lowest BCUT2D eigenvalue weighted by Crippen LogP contribution is -2.66. The van der Waals surface area contributed by atoms with Crippen molar-refractivity contribution in [1.29, 1.82) is 0 Å². The molecule has 19 heteroatoms. The number of unbranched alkanes of at least 4 members (excludes halogenated alkanes) is 31. The molecule has 0 aromatic carbocycles. The van der Waals surface area contributed by atoms with Crippen LogP contribution in [0.1, 0.15) is 264 Å². The van der Waals surface area contributed by atoms with Crippen molar-refractivity contribution in [2.75, 3.05) is 26.4 Å². The van der Waals surface area contributed by atoms with E-state index in [-0.39, 0.29) is 18.9 Å². The number of nitrogens with one attached hydrogen (secondary N) is 1. The molecule has 3 saturated heterocycles. The maximum atomic E-state index is 13.4. The molecule has 0 aromatic rings. The normalized spacial score (nSPS) is 27.8. The molecule has 19 nitrogen and oxygen atoms in total. The minimum atomic E-state index is -1.98. The lowest BCUT2D eigenvalue weighted by atomic mass is 9.96. The fourth-order valence-corrected chi connectivity index (χ4v) is 12.2. The first-order valence-electron chi connectivity index (χ1n) is 37.2. The summed E-state index contributed by atoms with van der Waals surface area (Å²) in [5.74, 6) is -0.290. The molecule has 1 amide bonds. The van der Waals surface area contributed by atoms with Gasteiger partial charge in [0.1, 0.15) is 73.2 Å². The highest BCUT2D eigenvalue weighted by molar-refractivity contribution is 5.76. The highest BCUT2D eigenvalue weighted by Gasteiger charge is 2.53. The number of carbonyl (C=O) groups excluding carboxylic acids is 1. The van der Waals surface area contributed by atoms with E-state index in [4.69, 9.17) is 28.4 Å². The standard InChI is InChI=1S/C75H133NO18/c1-3-5-7-9-11-13-15-17-18-19-20-21-22-23-24-25-26-27-28-29-30-31-32-33-34-35-36-37-38-39-40-41-43-45-47-49-51-53-63(81)76-58(59(80)52-50-48-46-44-42-16-14-12-10-8-6-4-2)57-89-73-69(87)66(84)71(61(55-78)91-73)94-75-70(88)67(85)72(62(56-79)92-75)93-74-68(86)65(83)64(82)60(54-77)90-74/h10,12,15,17,19-20,22-23,42,44,50,52,58-62,64-75,77-80,82-88H,3-9,11,13-14,16,18,21,24-41,43,45-49,51,53-57H2,1-2H3,(H,76,81)/b12-10+,17-15-,20-19-,23-22-,44-42+,52-50+. The fraction of sp³-hybridized carbons (Fsp3) is 0.827. The number of allylic oxidation sites excluding steroid dienone is 11. The van der Waals surface area contributed by atoms with E-state index < -0.39 is 124 Å². The molecule has 94 heavy (non-hydrogen) atoms. The van der Waals surface area contributed by atoms with E-state index in [9.17, 15) is 61.0 Å². The Balaban J connectivity index is 1.31. The molecular formula is C75H133NO18. The van der Waals surface area contributed by atoms with Crippen molar-refractivity contribution in [1.82, 2.24) is 5.32 Å². The van der Waals surface area contributed by atoms with Gasteiger partial charge in [-0.3, -0.25) is 4.79 Å². The molecule has 3 aliphatic rings. The molecule has 12 N–H and O–H groups in total. The average Bonchev–Trinajstić information content (AvgIpc) is 0.787. The Morgan fingerprint density at radius 3 is 1.17 bits per heavy atom. The summed E-state index contributed by atoms with van der Waals surface area (Å²) in [5, 5.41) is 120. The van der Waals surface area contributed by atoms with Crippen LogP contribution in [0.2, 0.25) is 0 Å². The van der Waals surface area contributed by atoms with Gasteiger partial charge in [0.15, 0.2) is 18.9 Å². The van der Waals surface area contributed by atoms with Gasteiger partial charge in [-0.05, 0) is 77.0 Å². The van der Waals surface area contributed by atoms with Crippen LogP contribution in [0.5, 0.6) is 0 Å². The summed E-state index contributed by atoms with van der Waals surface area (Å²) in [4.78, 5) is 13.4. The van der Waals surface area contributed by atoms with Crippen LogP contribution in [-0.2, 0) is 33.2 Å². The van der Waals surface area contributed by atoms with Gasteiger partial charge in [0.2, 0.25) is 5.91 Å². The Morgan fingerprint density at radius 1 is 0.383 bits per heavy atom. The molecule has 0 aliphatic carbocycles. The quantitative estimate of drug-likeness (QED) is 0.0199. The maximum Gasteiger partial charge on any atom is 0.220 e. The van der Waals surface area contributed by atoms with Crippen LogP contribution in [0.3, 0.4) is 0 Å². The van der Waals surface area contributed by atoms with Gasteiger partial charge in [-0.15, -0.1) is 0 Å². The second kappa shape index (κ2) is 56.0. The molecule has 3 fully saturated rings. The number of ether oxygens (including phenoxy) is 6. The van der Waals surface area contributed by atoms with Crippen LogP contribution in [-0.4, -0.2) is 193 Å². The Morgan fingerprint density at radius 2 is 0.723 bits per heavy atom. The summed E-state index contributed by atoms with van der Waals surface area (Å²) in [6, 6.07) is -0.997. The first-order chi connectivity index (χ1) is 45.8. The van der Waals surface area contributed by atoms with Crippen molar-refractivity contribution in [3.05, 3.63) is 72.9 Å². The first-order valence-corrected chi connectivity index (χ1v) is 37.2. The van der Waals surface area contributed by atoms with Gasteiger partial charge in [-0.1, -0.05) is 254 Å². The monoisotopic (exact) mass is 1340 g/mol. The van der Waals surface area contributed by atoms with Crippen LogP contribution >= 0.6 is 0 Å². The third kappa shape index (κ3) is 36.9. The van der Waals surface area contributed by atoms with E-state index in [1.165, 1.54) is 173 Å². The summed E-state index contributed by atoms with van der Waals surface area (Å²) in [5.41, 5.74) is 0. The van der Waals surface area contributed by atoms with Crippen LogP contribution in [0.15, 0.2) is 72.9 Å². The van der Waals surface area contributed by atoms with Crippen molar-refractivity contribution in [2.24, 2.45) is 0 Å². The predicted molar refractivity (Wildman–Crippen MR) is 369 cm³/mol. The smallest absolute Gasteiger partial charge is 0.220 e. The Bertz CT molecular complexity index is 1980. The van der Waals surface area contributed by atoms with Crippen molar-refractivity contribution in [2.45, 2.75) is 369 Å². The molecule has 3 aliphatic heterocycles. The number of amides is 1. The minimum absolute atomic E-state index is 0.232. The van der Waals surface area contributed by atoms with E-state index in [0.29, 0.717) is 12.8 Å². The molecule has 0 aromatic heterocycles. The Kier molecular flexibility index (Phi) is 50.9. The van der Waals surface area contributed by atoms with Crippen LogP contribution in [0.25, 0.3) is 0 Å². The zero-order valence-corrected chi connectivity index (χ0v) is 57.9. The number of hydrogen-bond acceptors (Lipinski definition) is 18. The molecule has 0 saturated carbocycles. The third-order valence-electron chi connectivity index (χ3n) is 18.2. The molecule has 3 heterocycles. The van der Waals surface area contributed by atoms with E-state index >= 15 is 0 Å². The molecule has 546 valence electrons. The SMILES string of the molecule is CCCC/C=C/CC/C=C/CC/C=C/C(O)C(COC1OC(CO)C(OC2OC(CO)C(OC3OC(CO)C(O)C(O)C3O)C(O)C2O)C(O)C1O)NC(=O)CCCCCCCCCCCCCCCCCCCCCCCC/C=C\C/C=C\C/C=C\CCCCCCC. The summed E-state index contributed by atoms with van der Waals surface area (Å²) < 4.78 is 34.3. The number of rotatable bonds is 57. The van der Waals surface area contributed by atoms with Crippen LogP contribution < -0.4 is 5.32 Å². The zero-order chi connectivity index (χ0) is 68.2. The summed E-state index contributed by atoms with van der Waals surface area (Å²) in [6.45, 7) is 1.64. The summed E-state index contributed by atoms with van der Waals surface area (Å²) >= 11 is 0. The lowest BCUT2D eigenvalue weighted by molar-refractivity contribution is -0.379. The van der Waals surface area contributed by atoms with Gasteiger partial charge in [0, 0.05) is 6.42 Å². The summed E-state index contributed by atoms with van der Waals surface area (Å²) in [6.07, 6.45) is 45.0. The number of aliphatic hydroxyl groups excluding tert-OH is 11. The fourth-order valence-electron chi connectivity index (χ4n) is 12.2. The molecule has 17 atom stereocenters. The number of carbonyl (C=O) groups is 1. The Hall–Kier alpha value is -2.77. The topological polar surface area (TPSA) is 307 Å². The lowest BCUT2D eigenvalue weighted by Gasteiger charge is -2.48. The summed E-state index contributed by atoms with van der Waals surface area (Å²) in [7, 11) is 0. The highest BCUT2D eigenvalue weighted by Crippen LogP contribution is 2.33. The van der Waals surface area contributed by atoms with Crippen molar-refractivity contribution < 1.29 is 89.4 Å². The van der Waals surface area contributed by atoms with Crippen LogP contribution in [0, 0.1) is 0 Å². The second-order valence-electron chi connectivity index (χ2n) is 26.4. The largest absolute Gasteiger partial charge is 0.394 e. The third-order valence-corrected chi connectivity index (χ3v) is 18.2. The van der Waals surface area contributed by atoms with Crippen molar-refractivity contribution in [3.8, 4) is 0 Å². The number of hydrogen-bond donors (Lipinski definition) is 12. The van der Waals surface area contributed by atoms with Gasteiger partial charge in [0.05, 0.1) is 38.6 Å². The molecule has 0 spiro atoms. The van der Waals surface area contributed by atoms with Gasteiger partial charge in [-0.25, -0.2) is 0 Å². The van der Waals surface area contributed by atoms with E-state index in [1.54, 1.807) is 6.08 Å². The van der Waals surface area contributed by atoms with Crippen molar-refractivity contribution >= 4 is 5.91 Å². The minimum Gasteiger partial charge on any atom is -0.394 e. The highest BCUT2D eigenvalue weighted by atomic mass is 16.8. The maximum absolute atomic E-state index is 13.4. The number of aliphatic hydroxyl groups is 11. The zero-order valence-electron chi connectivity index (χ0n) is 57.9. The Labute approximate surface area is 566 Å². The van der Waals surface area contributed by atoms with E-state index in [0.717, 1.165) is 57.8 Å². The molecule has 17 unspecified atom stereocenters. The van der Waals surface area contributed by atoms with Crippen LogP contribution in [0.4, 0.5) is 0 Å². The van der Waals surface area contributed by atoms with E-state index in [1.807, 2.05) is 6.08 Å². The predicted octanol–water partition coefficient (Wildman–Crippen LogP) is 10.9. The molecular weight excluding hydrogens is 1200 g/mol. The van der Waals surface area contributed by atoms with Gasteiger partial charge >= 0.3 is 0 Å². The van der Waals surface area contributed by atoms with Gasteiger partial charge in [-0.2, -0.15) is 0 Å². The average molecular weight is 1340 g/mol. The molecule has 0 radical (unpaired) electrons. The van der Waals surface area contributed by atoms with Crippen molar-refractivity contribution in [3.63, 3.8) is 0 Å². The molecule has 0 bridgehead atoms. The van der Waals surface area contributed by atoms with Gasteiger partial charge < -0.3 is 89.9 Å². The first kappa shape index (κ1) is 85.5. The van der Waals surface area contributed by atoms with E-state index in [2.05, 4.69) is 79.9 Å². The van der Waals surface area contributed by atoms with Gasteiger partial charge in [0.25, 0.3) is 0 Å².